The number of hydrogen-bond donors (Lipinski definition) is 0. The fraction of sp³-hybridized carbons (Fsp3) is 0.0741. The van der Waals surface area contributed by atoms with Crippen LogP contribution >= 0.6 is 24.0 Å². The van der Waals surface area contributed by atoms with Gasteiger partial charge in [-0.15, -0.1) is 0 Å². The van der Waals surface area contributed by atoms with Crippen molar-refractivity contribution in [3.63, 3.8) is 0 Å². The van der Waals surface area contributed by atoms with Crippen LogP contribution < -0.4 is 0 Å². The molecule has 0 atom stereocenters. The first-order chi connectivity index (χ1) is 16.1. The number of nitrogens with zero attached hydrogens (tertiary/aromatic N) is 3. The molecule has 162 valence electrons. The van der Waals surface area contributed by atoms with Gasteiger partial charge in [0.25, 0.3) is 5.91 Å². The van der Waals surface area contributed by atoms with Crippen LogP contribution in [0.25, 0.3) is 23.0 Å². The molecule has 0 unspecified atom stereocenters. The molecule has 0 bridgehead atoms. The van der Waals surface area contributed by atoms with Crippen molar-refractivity contribution in [1.82, 2.24) is 14.7 Å². The van der Waals surface area contributed by atoms with E-state index in [0.29, 0.717) is 15.8 Å². The summed E-state index contributed by atoms with van der Waals surface area (Å²) in [5.41, 5.74) is 5.90. The lowest BCUT2D eigenvalue weighted by Crippen LogP contribution is -2.27. The molecular formula is C27H21N3OS2. The van der Waals surface area contributed by atoms with Gasteiger partial charge in [-0.3, -0.25) is 9.69 Å². The SMILES string of the molecule is Cc1ccc(-c2nn(-c3ccccc3)cc2/C=C2\SC(=S)N(Cc3ccccc3)C2=O)cc1. The topological polar surface area (TPSA) is 38.1 Å². The van der Waals surface area contributed by atoms with Crippen LogP contribution in [0.3, 0.4) is 0 Å². The van der Waals surface area contributed by atoms with Gasteiger partial charge in [0.05, 0.1) is 22.8 Å². The summed E-state index contributed by atoms with van der Waals surface area (Å²) in [6.07, 6.45) is 3.88. The van der Waals surface area contributed by atoms with Crippen LogP contribution in [0.5, 0.6) is 0 Å². The standard InChI is InChI=1S/C27H21N3OS2/c1-19-12-14-21(15-13-19)25-22(18-30(28-25)23-10-6-3-7-11-23)16-24-26(31)29(27(32)33-24)17-20-8-4-2-5-9-20/h2-16,18H,17H2,1H3/b24-16-. The molecule has 1 aliphatic rings. The Morgan fingerprint density at radius 3 is 2.30 bits per heavy atom. The van der Waals surface area contributed by atoms with E-state index >= 15 is 0 Å². The smallest absolute Gasteiger partial charge is 0.266 e. The summed E-state index contributed by atoms with van der Waals surface area (Å²) in [5, 5.41) is 4.86. The van der Waals surface area contributed by atoms with E-state index in [4.69, 9.17) is 17.3 Å². The zero-order valence-corrected chi connectivity index (χ0v) is 19.6. The van der Waals surface area contributed by atoms with Crippen LogP contribution in [0.15, 0.2) is 96.0 Å². The average Bonchev–Trinajstić information content (AvgIpc) is 3.37. The molecule has 5 rings (SSSR count). The third-order valence-electron chi connectivity index (χ3n) is 5.43. The van der Waals surface area contributed by atoms with E-state index < -0.39 is 0 Å². The number of aromatic nitrogens is 2. The Bertz CT molecular complexity index is 1340. The summed E-state index contributed by atoms with van der Waals surface area (Å²) in [6.45, 7) is 2.53. The predicted molar refractivity (Wildman–Crippen MR) is 139 cm³/mol. The van der Waals surface area contributed by atoms with Crippen LogP contribution in [0.2, 0.25) is 0 Å². The van der Waals surface area contributed by atoms with E-state index in [0.717, 1.165) is 28.1 Å². The molecule has 0 saturated carbocycles. The van der Waals surface area contributed by atoms with Crippen molar-refractivity contribution in [1.29, 1.82) is 0 Å². The van der Waals surface area contributed by atoms with Gasteiger partial charge in [0.2, 0.25) is 0 Å². The molecule has 0 spiro atoms. The number of rotatable bonds is 5. The summed E-state index contributed by atoms with van der Waals surface area (Å²) in [5.74, 6) is -0.0730. The first-order valence-electron chi connectivity index (χ1n) is 10.6. The van der Waals surface area contributed by atoms with Crippen LogP contribution in [0, 0.1) is 6.92 Å². The Balaban J connectivity index is 1.53. The molecule has 1 aromatic heterocycles. The van der Waals surface area contributed by atoms with Crippen molar-refractivity contribution in [3.8, 4) is 16.9 Å². The number of aryl methyl sites for hydroxylation is 1. The van der Waals surface area contributed by atoms with Crippen molar-refractivity contribution in [2.45, 2.75) is 13.5 Å². The van der Waals surface area contributed by atoms with E-state index in [2.05, 4.69) is 31.2 Å². The van der Waals surface area contributed by atoms with E-state index in [1.54, 1.807) is 4.90 Å². The lowest BCUT2D eigenvalue weighted by molar-refractivity contribution is -0.122. The third kappa shape index (κ3) is 4.53. The number of hydrogen-bond acceptors (Lipinski definition) is 4. The number of thioether (sulfide) groups is 1. The van der Waals surface area contributed by atoms with Crippen LogP contribution in [-0.4, -0.2) is 24.9 Å². The van der Waals surface area contributed by atoms with E-state index in [1.165, 1.54) is 17.3 Å². The van der Waals surface area contributed by atoms with Crippen LogP contribution in [-0.2, 0) is 11.3 Å². The Hall–Kier alpha value is -3.48. The monoisotopic (exact) mass is 467 g/mol. The zero-order chi connectivity index (χ0) is 22.8. The Labute approximate surface area is 202 Å². The fourth-order valence-electron chi connectivity index (χ4n) is 3.69. The third-order valence-corrected chi connectivity index (χ3v) is 6.81. The zero-order valence-electron chi connectivity index (χ0n) is 18.0. The highest BCUT2D eigenvalue weighted by Crippen LogP contribution is 2.35. The molecule has 0 aliphatic carbocycles. The van der Waals surface area contributed by atoms with E-state index in [1.807, 2.05) is 77.6 Å². The van der Waals surface area contributed by atoms with Gasteiger partial charge < -0.3 is 0 Å². The van der Waals surface area contributed by atoms with E-state index in [9.17, 15) is 4.79 Å². The van der Waals surface area contributed by atoms with Gasteiger partial charge in [0.15, 0.2) is 0 Å². The molecule has 3 aromatic carbocycles. The van der Waals surface area contributed by atoms with Crippen molar-refractivity contribution >= 4 is 40.3 Å². The molecule has 4 aromatic rings. The van der Waals surface area contributed by atoms with Gasteiger partial charge in [-0.2, -0.15) is 5.10 Å². The quantitative estimate of drug-likeness (QED) is 0.257. The summed E-state index contributed by atoms with van der Waals surface area (Å²) in [4.78, 5) is 15.5. The molecule has 4 nitrogen and oxygen atoms in total. The highest BCUT2D eigenvalue weighted by Gasteiger charge is 2.32. The Morgan fingerprint density at radius 2 is 1.61 bits per heavy atom. The number of para-hydroxylation sites is 1. The van der Waals surface area contributed by atoms with Crippen molar-refractivity contribution in [3.05, 3.63) is 113 Å². The van der Waals surface area contributed by atoms with Crippen molar-refractivity contribution in [2.75, 3.05) is 0 Å². The molecular weight excluding hydrogens is 446 g/mol. The summed E-state index contributed by atoms with van der Waals surface area (Å²) < 4.78 is 2.42. The van der Waals surface area contributed by atoms with Gasteiger partial charge in [-0.25, -0.2) is 4.68 Å². The van der Waals surface area contributed by atoms with Gasteiger partial charge >= 0.3 is 0 Å². The van der Waals surface area contributed by atoms with Gasteiger partial charge in [-0.1, -0.05) is 102 Å². The highest BCUT2D eigenvalue weighted by atomic mass is 32.2. The number of carbonyl (C=O) groups is 1. The number of carbonyl (C=O) groups excluding carboxylic acids is 1. The van der Waals surface area contributed by atoms with Gasteiger partial charge in [0.1, 0.15) is 4.32 Å². The minimum absolute atomic E-state index is 0.0730. The molecule has 6 heteroatoms. The first kappa shape index (κ1) is 21.4. The van der Waals surface area contributed by atoms with Crippen LogP contribution in [0.1, 0.15) is 16.7 Å². The number of thiocarbonyl (C=S) groups is 1. The molecule has 1 aliphatic heterocycles. The maximum atomic E-state index is 13.2. The second-order valence-electron chi connectivity index (χ2n) is 7.83. The maximum Gasteiger partial charge on any atom is 0.266 e. The summed E-state index contributed by atoms with van der Waals surface area (Å²) in [6, 6.07) is 28.1. The summed E-state index contributed by atoms with van der Waals surface area (Å²) in [7, 11) is 0. The minimum atomic E-state index is -0.0730. The lowest BCUT2D eigenvalue weighted by Gasteiger charge is -2.14. The van der Waals surface area contributed by atoms with Gasteiger partial charge in [-0.05, 0) is 30.7 Å². The molecule has 0 N–H and O–H groups in total. The predicted octanol–water partition coefficient (Wildman–Crippen LogP) is 6.25. The van der Waals surface area contributed by atoms with Gasteiger partial charge in [0, 0.05) is 17.3 Å². The second kappa shape index (κ2) is 9.17. The molecule has 33 heavy (non-hydrogen) atoms. The molecule has 0 radical (unpaired) electrons. The molecule has 2 heterocycles. The Morgan fingerprint density at radius 1 is 0.939 bits per heavy atom. The maximum absolute atomic E-state index is 13.2. The second-order valence-corrected chi connectivity index (χ2v) is 9.51. The van der Waals surface area contributed by atoms with Crippen LogP contribution in [0.4, 0.5) is 0 Å². The number of amides is 1. The minimum Gasteiger partial charge on any atom is -0.288 e. The van der Waals surface area contributed by atoms with Crippen molar-refractivity contribution < 1.29 is 4.79 Å². The molecule has 1 amide bonds. The van der Waals surface area contributed by atoms with E-state index in [-0.39, 0.29) is 5.91 Å². The largest absolute Gasteiger partial charge is 0.288 e. The first-order valence-corrected chi connectivity index (χ1v) is 11.8. The lowest BCUT2D eigenvalue weighted by atomic mass is 10.1. The Kier molecular flexibility index (Phi) is 5.94. The summed E-state index contributed by atoms with van der Waals surface area (Å²) >= 11 is 6.88. The fourth-order valence-corrected chi connectivity index (χ4v) is 4.93. The normalized spacial score (nSPS) is 14.9. The molecule has 1 saturated heterocycles. The van der Waals surface area contributed by atoms with Crippen molar-refractivity contribution in [2.24, 2.45) is 0 Å². The highest BCUT2D eigenvalue weighted by molar-refractivity contribution is 8.26. The average molecular weight is 468 g/mol. The number of benzene rings is 3. The molecule has 1 fully saturated rings.